The first-order valence-corrected chi connectivity index (χ1v) is 6.01. The maximum atomic E-state index is 3.71. The van der Waals surface area contributed by atoms with Crippen molar-refractivity contribution in [3.63, 3.8) is 0 Å². The molecular formula is C8H16S2. The van der Waals surface area contributed by atoms with E-state index in [2.05, 4.69) is 26.7 Å². The summed E-state index contributed by atoms with van der Waals surface area (Å²) in [6.45, 7) is 8.26. The van der Waals surface area contributed by atoms with Gasteiger partial charge in [0.15, 0.2) is 0 Å². The van der Waals surface area contributed by atoms with E-state index in [4.69, 9.17) is 0 Å². The van der Waals surface area contributed by atoms with E-state index in [0.29, 0.717) is 4.75 Å². The molecule has 0 rings (SSSR count). The topological polar surface area (TPSA) is 0 Å². The second-order valence-electron chi connectivity index (χ2n) is 2.84. The normalized spacial score (nSPS) is 11.5. The fourth-order valence-electron chi connectivity index (χ4n) is 0.717. The summed E-state index contributed by atoms with van der Waals surface area (Å²) in [6.07, 6.45) is 6.46. The highest BCUT2D eigenvalue weighted by Gasteiger charge is 2.16. The van der Waals surface area contributed by atoms with Crippen LogP contribution in [0.15, 0.2) is 12.7 Å². The van der Waals surface area contributed by atoms with Crippen LogP contribution in [0.2, 0.25) is 0 Å². The van der Waals surface area contributed by atoms with E-state index in [-0.39, 0.29) is 0 Å². The summed E-state index contributed by atoms with van der Waals surface area (Å²) in [6, 6.07) is 0. The Morgan fingerprint density at radius 1 is 1.50 bits per heavy atom. The van der Waals surface area contributed by atoms with Crippen LogP contribution in [0.1, 0.15) is 26.7 Å². The van der Waals surface area contributed by atoms with Crippen LogP contribution in [0.4, 0.5) is 0 Å². The first kappa shape index (κ1) is 10.4. The number of hydrogen-bond acceptors (Lipinski definition) is 2. The Labute approximate surface area is 72.3 Å². The summed E-state index contributed by atoms with van der Waals surface area (Å²) in [5, 5.41) is 0. The fourth-order valence-corrected chi connectivity index (χ4v) is 2.97. The highest BCUT2D eigenvalue weighted by molar-refractivity contribution is 8.76. The first-order chi connectivity index (χ1) is 4.62. The lowest BCUT2D eigenvalue weighted by Crippen LogP contribution is -2.11. The van der Waals surface area contributed by atoms with Crippen LogP contribution in [0, 0.1) is 0 Å². The van der Waals surface area contributed by atoms with Crippen molar-refractivity contribution in [3.8, 4) is 0 Å². The third kappa shape index (κ3) is 5.24. The van der Waals surface area contributed by atoms with Crippen molar-refractivity contribution in [3.05, 3.63) is 12.7 Å². The standard InChI is InChI=1S/C8H16S2/c1-5-6-7-8(2,3)10-9-4/h5H,1,6-7H2,2-4H3. The van der Waals surface area contributed by atoms with Crippen molar-refractivity contribution in [2.45, 2.75) is 31.4 Å². The minimum absolute atomic E-state index is 0.410. The van der Waals surface area contributed by atoms with E-state index in [0.717, 1.165) is 6.42 Å². The van der Waals surface area contributed by atoms with E-state index in [1.807, 2.05) is 27.7 Å². The molecule has 0 atom stereocenters. The van der Waals surface area contributed by atoms with Crippen molar-refractivity contribution >= 4 is 21.6 Å². The van der Waals surface area contributed by atoms with Gasteiger partial charge in [0.25, 0.3) is 0 Å². The van der Waals surface area contributed by atoms with Crippen LogP contribution in [0.25, 0.3) is 0 Å². The molecule has 0 unspecified atom stereocenters. The van der Waals surface area contributed by atoms with Gasteiger partial charge in [-0.25, -0.2) is 0 Å². The van der Waals surface area contributed by atoms with Gasteiger partial charge in [-0.15, -0.1) is 6.58 Å². The maximum Gasteiger partial charge on any atom is 0.0210 e. The smallest absolute Gasteiger partial charge is 0.0210 e. The molecule has 60 valence electrons. The molecule has 0 nitrogen and oxygen atoms in total. The zero-order chi connectivity index (χ0) is 8.04. The lowest BCUT2D eigenvalue weighted by Gasteiger charge is -2.21. The van der Waals surface area contributed by atoms with Gasteiger partial charge in [-0.2, -0.15) is 0 Å². The van der Waals surface area contributed by atoms with Crippen LogP contribution in [-0.4, -0.2) is 11.0 Å². The van der Waals surface area contributed by atoms with Gasteiger partial charge in [0.2, 0.25) is 0 Å². The Balaban J connectivity index is 3.51. The van der Waals surface area contributed by atoms with Crippen LogP contribution < -0.4 is 0 Å². The Bertz CT molecular complexity index is 97.4. The van der Waals surface area contributed by atoms with E-state index in [1.54, 1.807) is 0 Å². The summed E-state index contributed by atoms with van der Waals surface area (Å²) in [5.74, 6) is 0. The second-order valence-corrected chi connectivity index (χ2v) is 5.94. The average molecular weight is 176 g/mol. The molecule has 0 saturated heterocycles. The molecule has 0 aromatic carbocycles. The molecule has 0 N–H and O–H groups in total. The second kappa shape index (κ2) is 5.14. The Kier molecular flexibility index (Phi) is 5.36. The molecule has 2 heteroatoms. The van der Waals surface area contributed by atoms with Gasteiger partial charge in [-0.3, -0.25) is 0 Å². The van der Waals surface area contributed by atoms with Gasteiger partial charge in [0, 0.05) is 4.75 Å². The molecule has 0 saturated carbocycles. The summed E-state index contributed by atoms with van der Waals surface area (Å²) in [7, 11) is 3.78. The first-order valence-electron chi connectivity index (χ1n) is 3.45. The number of hydrogen-bond donors (Lipinski definition) is 0. The van der Waals surface area contributed by atoms with Gasteiger partial charge in [0.05, 0.1) is 0 Å². The van der Waals surface area contributed by atoms with E-state index in [1.165, 1.54) is 6.42 Å². The van der Waals surface area contributed by atoms with Crippen molar-refractivity contribution in [2.75, 3.05) is 6.26 Å². The summed E-state index contributed by atoms with van der Waals surface area (Å²) < 4.78 is 0.410. The molecule has 0 aliphatic heterocycles. The van der Waals surface area contributed by atoms with Crippen LogP contribution >= 0.6 is 21.6 Å². The monoisotopic (exact) mass is 176 g/mol. The Morgan fingerprint density at radius 2 is 2.10 bits per heavy atom. The molecule has 0 heterocycles. The van der Waals surface area contributed by atoms with Gasteiger partial charge in [0.1, 0.15) is 0 Å². The minimum atomic E-state index is 0.410. The summed E-state index contributed by atoms with van der Waals surface area (Å²) >= 11 is 0. The van der Waals surface area contributed by atoms with Crippen LogP contribution in [0.5, 0.6) is 0 Å². The molecule has 0 spiro atoms. The SMILES string of the molecule is C=CCCC(C)(C)SSC. The van der Waals surface area contributed by atoms with E-state index >= 15 is 0 Å². The average Bonchev–Trinajstić information content (AvgIpc) is 1.84. The molecule has 0 bridgehead atoms. The van der Waals surface area contributed by atoms with Crippen molar-refractivity contribution in [1.29, 1.82) is 0 Å². The molecule has 0 aromatic heterocycles. The van der Waals surface area contributed by atoms with Crippen molar-refractivity contribution < 1.29 is 0 Å². The molecule has 10 heavy (non-hydrogen) atoms. The molecular weight excluding hydrogens is 160 g/mol. The predicted molar refractivity (Wildman–Crippen MR) is 54.6 cm³/mol. The van der Waals surface area contributed by atoms with Gasteiger partial charge < -0.3 is 0 Å². The zero-order valence-corrected chi connectivity index (χ0v) is 8.65. The maximum absolute atomic E-state index is 3.71. The third-order valence-electron chi connectivity index (χ3n) is 1.26. The molecule has 0 fully saturated rings. The third-order valence-corrected chi connectivity index (χ3v) is 3.93. The van der Waals surface area contributed by atoms with Crippen LogP contribution in [-0.2, 0) is 0 Å². The van der Waals surface area contributed by atoms with E-state index < -0.39 is 0 Å². The Hall–Kier alpha value is 0.440. The summed E-state index contributed by atoms with van der Waals surface area (Å²) in [5.41, 5.74) is 0. The van der Waals surface area contributed by atoms with Crippen molar-refractivity contribution in [2.24, 2.45) is 0 Å². The summed E-state index contributed by atoms with van der Waals surface area (Å²) in [4.78, 5) is 0. The Morgan fingerprint density at radius 3 is 2.50 bits per heavy atom. The number of allylic oxidation sites excluding steroid dienone is 1. The molecule has 0 aliphatic carbocycles. The van der Waals surface area contributed by atoms with Crippen LogP contribution in [0.3, 0.4) is 0 Å². The van der Waals surface area contributed by atoms with Gasteiger partial charge in [-0.1, -0.05) is 27.7 Å². The van der Waals surface area contributed by atoms with Gasteiger partial charge >= 0.3 is 0 Å². The minimum Gasteiger partial charge on any atom is -0.103 e. The highest BCUT2D eigenvalue weighted by atomic mass is 33.1. The predicted octanol–water partition coefficient (Wildman–Crippen LogP) is 3.74. The molecule has 0 aromatic rings. The highest BCUT2D eigenvalue weighted by Crippen LogP contribution is 2.36. The largest absolute Gasteiger partial charge is 0.103 e. The van der Waals surface area contributed by atoms with E-state index in [9.17, 15) is 0 Å². The fraction of sp³-hybridized carbons (Fsp3) is 0.750. The lowest BCUT2D eigenvalue weighted by molar-refractivity contribution is 0.653. The quantitative estimate of drug-likeness (QED) is 0.462. The van der Waals surface area contributed by atoms with Gasteiger partial charge in [-0.05, 0) is 32.9 Å². The van der Waals surface area contributed by atoms with Crippen molar-refractivity contribution in [1.82, 2.24) is 0 Å². The molecule has 0 aliphatic rings. The zero-order valence-electron chi connectivity index (χ0n) is 7.02. The molecule has 0 radical (unpaired) electrons. The molecule has 0 amide bonds. The number of rotatable bonds is 5. The lowest BCUT2D eigenvalue weighted by atomic mass is 10.1.